The summed E-state index contributed by atoms with van der Waals surface area (Å²) in [7, 11) is -2.62. The molecule has 0 spiro atoms. The zero-order chi connectivity index (χ0) is 20.3. The van der Waals surface area contributed by atoms with Crippen LogP contribution in [0, 0.1) is 22.7 Å². The molecular formula is C15H10N6O4S3. The number of hydrogen-bond acceptors (Lipinski definition) is 10. The fraction of sp³-hybridized carbons (Fsp3) is 0.133. The van der Waals surface area contributed by atoms with E-state index >= 15 is 0 Å². The Labute approximate surface area is 168 Å². The van der Waals surface area contributed by atoms with Crippen molar-refractivity contribution in [3.05, 3.63) is 34.9 Å². The molecule has 1 N–H and O–H groups in total. The molecule has 10 nitrogen and oxygen atoms in total. The number of thioether (sulfide) groups is 1. The minimum Gasteiger partial charge on any atom is -0.478 e. The molecule has 142 valence electrons. The van der Waals surface area contributed by atoms with Gasteiger partial charge >= 0.3 is 0 Å². The number of benzene rings is 1. The molecule has 2 aromatic rings. The lowest BCUT2D eigenvalue weighted by Gasteiger charge is -2.17. The fourth-order valence-corrected chi connectivity index (χ4v) is 4.78. The third kappa shape index (κ3) is 3.63. The summed E-state index contributed by atoms with van der Waals surface area (Å²) < 4.78 is 39.9. The molecule has 0 atom stereocenters. The van der Waals surface area contributed by atoms with E-state index < -0.39 is 10.0 Å². The van der Waals surface area contributed by atoms with Crippen LogP contribution in [0.4, 0.5) is 11.5 Å². The molecule has 13 heteroatoms. The van der Waals surface area contributed by atoms with Gasteiger partial charge in [0.25, 0.3) is 15.9 Å². The topological polar surface area (TPSA) is 149 Å². The van der Waals surface area contributed by atoms with Crippen LogP contribution in [-0.4, -0.2) is 35.9 Å². The lowest BCUT2D eigenvalue weighted by molar-refractivity contribution is -0.115. The number of nitriles is 2. The number of carbonyl (C=O) groups is 1. The zero-order valence-corrected chi connectivity index (χ0v) is 16.6. The van der Waals surface area contributed by atoms with Crippen LogP contribution in [0.1, 0.15) is 0 Å². The second-order valence-corrected chi connectivity index (χ2v) is 8.32. The third-order valence-electron chi connectivity index (χ3n) is 3.51. The first-order valence-electron chi connectivity index (χ1n) is 7.41. The van der Waals surface area contributed by atoms with Crippen molar-refractivity contribution >= 4 is 50.9 Å². The van der Waals surface area contributed by atoms with Crippen LogP contribution in [0.3, 0.4) is 0 Å². The predicted molar refractivity (Wildman–Crippen MR) is 102 cm³/mol. The lowest BCUT2D eigenvalue weighted by Crippen LogP contribution is -2.24. The van der Waals surface area contributed by atoms with Gasteiger partial charge in [-0.25, -0.2) is 8.42 Å². The quantitative estimate of drug-likeness (QED) is 0.693. The van der Waals surface area contributed by atoms with E-state index in [1.807, 2.05) is 0 Å². The van der Waals surface area contributed by atoms with E-state index in [1.165, 1.54) is 36.3 Å². The highest BCUT2D eigenvalue weighted by molar-refractivity contribution is 8.04. The Kier molecular flexibility index (Phi) is 5.51. The molecule has 1 aliphatic rings. The van der Waals surface area contributed by atoms with Gasteiger partial charge in [-0.1, -0.05) is 11.8 Å². The van der Waals surface area contributed by atoms with Crippen molar-refractivity contribution in [3.8, 4) is 18.0 Å². The maximum absolute atomic E-state index is 12.5. The molecule has 0 aliphatic carbocycles. The first-order valence-corrected chi connectivity index (χ1v) is 10.6. The Morgan fingerprint density at radius 2 is 1.93 bits per heavy atom. The van der Waals surface area contributed by atoms with Crippen LogP contribution in [0.5, 0.6) is 5.88 Å². The van der Waals surface area contributed by atoms with Gasteiger partial charge in [0, 0.05) is 5.69 Å². The molecule has 0 unspecified atom stereocenters. The number of methoxy groups -OCH3 is 1. The number of ether oxygens (including phenoxy) is 1. The van der Waals surface area contributed by atoms with E-state index in [1.54, 1.807) is 12.1 Å². The van der Waals surface area contributed by atoms with Crippen molar-refractivity contribution in [2.45, 2.75) is 4.90 Å². The number of nitrogens with one attached hydrogen (secondary N) is 1. The van der Waals surface area contributed by atoms with Crippen LogP contribution < -0.4 is 14.4 Å². The summed E-state index contributed by atoms with van der Waals surface area (Å²) in [6, 6.07) is 8.96. The number of carbonyl (C=O) groups excluding carboxylic acids is 1. The van der Waals surface area contributed by atoms with E-state index in [-0.39, 0.29) is 38.9 Å². The molecule has 3 rings (SSSR count). The van der Waals surface area contributed by atoms with Crippen molar-refractivity contribution in [2.75, 3.05) is 22.5 Å². The first kappa shape index (κ1) is 19.6. The Morgan fingerprint density at radius 1 is 1.25 bits per heavy atom. The van der Waals surface area contributed by atoms with E-state index in [9.17, 15) is 13.2 Å². The number of allylic oxidation sites excluding steroid dienone is 1. The van der Waals surface area contributed by atoms with Crippen molar-refractivity contribution in [1.29, 1.82) is 10.5 Å². The molecule has 28 heavy (non-hydrogen) atoms. The van der Waals surface area contributed by atoms with Gasteiger partial charge in [-0.15, -0.1) is 4.37 Å². The van der Waals surface area contributed by atoms with Crippen LogP contribution in [0.2, 0.25) is 0 Å². The number of nitrogens with zero attached hydrogens (tertiary/aromatic N) is 5. The average Bonchev–Trinajstić information content (AvgIpc) is 3.29. The number of rotatable bonds is 5. The minimum atomic E-state index is -3.96. The Balaban J connectivity index is 1.91. The summed E-state index contributed by atoms with van der Waals surface area (Å²) in [5, 5.41) is 18.4. The Hall–Kier alpha value is -3.13. The maximum atomic E-state index is 12.5. The van der Waals surface area contributed by atoms with Gasteiger partial charge in [0.2, 0.25) is 11.7 Å². The van der Waals surface area contributed by atoms with E-state index in [2.05, 4.69) is 13.5 Å². The van der Waals surface area contributed by atoms with Gasteiger partial charge in [-0.05, 0) is 24.3 Å². The smallest absolute Gasteiger partial charge is 0.271 e. The fourth-order valence-electron chi connectivity index (χ4n) is 2.28. The van der Waals surface area contributed by atoms with Gasteiger partial charge in [0.05, 0.1) is 29.5 Å². The van der Waals surface area contributed by atoms with Gasteiger partial charge in [0.15, 0.2) is 5.57 Å². The monoisotopic (exact) mass is 434 g/mol. The second kappa shape index (κ2) is 7.85. The molecule has 1 aromatic heterocycles. The average molecular weight is 434 g/mol. The number of hydrogen-bond donors (Lipinski definition) is 1. The van der Waals surface area contributed by atoms with E-state index in [4.69, 9.17) is 15.3 Å². The SMILES string of the molecule is COc1nsnc1NS(=O)(=O)c1ccc(N2C(=O)CSC2=C(C#N)C#N)cc1. The zero-order valence-electron chi connectivity index (χ0n) is 14.1. The molecule has 0 saturated carbocycles. The minimum absolute atomic E-state index is 0.0272. The van der Waals surface area contributed by atoms with Gasteiger partial charge < -0.3 is 4.74 Å². The van der Waals surface area contributed by atoms with Gasteiger partial charge in [-0.3, -0.25) is 14.4 Å². The summed E-state index contributed by atoms with van der Waals surface area (Å²) in [6.07, 6.45) is 0. The molecule has 1 aliphatic heterocycles. The van der Waals surface area contributed by atoms with E-state index in [0.717, 1.165) is 23.5 Å². The van der Waals surface area contributed by atoms with Crippen molar-refractivity contribution in [2.24, 2.45) is 0 Å². The first-order chi connectivity index (χ1) is 13.4. The summed E-state index contributed by atoms with van der Waals surface area (Å²) in [5.74, 6) is -0.198. The van der Waals surface area contributed by atoms with Crippen LogP contribution in [-0.2, 0) is 14.8 Å². The summed E-state index contributed by atoms with van der Waals surface area (Å²) in [5.41, 5.74) is 0.164. The Morgan fingerprint density at radius 3 is 2.54 bits per heavy atom. The summed E-state index contributed by atoms with van der Waals surface area (Å²) >= 11 is 1.88. The highest BCUT2D eigenvalue weighted by Crippen LogP contribution is 2.36. The number of amides is 1. The Bertz CT molecular complexity index is 1130. The third-order valence-corrected chi connectivity index (χ3v) is 6.43. The van der Waals surface area contributed by atoms with Crippen molar-refractivity contribution < 1.29 is 17.9 Å². The standard InChI is InChI=1S/C15H10N6O4S3/c1-25-14-13(18-27-19-14)20-28(23,24)11-4-2-10(3-5-11)21-12(22)8-26-15(21)9(6-16)7-17/h2-5H,8H2,1H3,(H,18,20). The molecule has 2 heterocycles. The highest BCUT2D eigenvalue weighted by Gasteiger charge is 2.31. The number of sulfonamides is 1. The number of aromatic nitrogens is 2. The summed E-state index contributed by atoms with van der Waals surface area (Å²) in [6.45, 7) is 0. The maximum Gasteiger partial charge on any atom is 0.271 e. The highest BCUT2D eigenvalue weighted by atomic mass is 32.2. The molecule has 1 aromatic carbocycles. The predicted octanol–water partition coefficient (Wildman–Crippen LogP) is 1.69. The molecule has 1 saturated heterocycles. The van der Waals surface area contributed by atoms with Crippen LogP contribution in [0.15, 0.2) is 39.8 Å². The molecule has 0 radical (unpaired) electrons. The normalized spacial score (nSPS) is 13.8. The lowest BCUT2D eigenvalue weighted by atomic mass is 10.2. The second-order valence-electron chi connectivity index (χ2n) is 5.14. The molecular weight excluding hydrogens is 424 g/mol. The van der Waals surface area contributed by atoms with Crippen LogP contribution >= 0.6 is 23.5 Å². The van der Waals surface area contributed by atoms with Crippen molar-refractivity contribution in [1.82, 2.24) is 8.75 Å². The summed E-state index contributed by atoms with van der Waals surface area (Å²) in [4.78, 5) is 13.3. The van der Waals surface area contributed by atoms with Crippen LogP contribution in [0.25, 0.3) is 0 Å². The van der Waals surface area contributed by atoms with E-state index in [0.29, 0.717) is 5.69 Å². The van der Waals surface area contributed by atoms with Crippen molar-refractivity contribution in [3.63, 3.8) is 0 Å². The molecule has 0 bridgehead atoms. The molecule has 1 amide bonds. The number of anilines is 2. The molecule has 1 fully saturated rings. The largest absolute Gasteiger partial charge is 0.478 e. The van der Waals surface area contributed by atoms with Gasteiger partial charge in [-0.2, -0.15) is 14.9 Å². The van der Waals surface area contributed by atoms with Gasteiger partial charge in [0.1, 0.15) is 17.2 Å².